The maximum atomic E-state index is 12.7. The van der Waals surface area contributed by atoms with E-state index in [0.29, 0.717) is 21.7 Å². The summed E-state index contributed by atoms with van der Waals surface area (Å²) in [5, 5.41) is 7.63. The number of amides is 1. The van der Waals surface area contributed by atoms with Crippen LogP contribution in [0.5, 0.6) is 0 Å². The van der Waals surface area contributed by atoms with Crippen molar-refractivity contribution in [1.82, 2.24) is 0 Å². The first-order valence-electron chi connectivity index (χ1n) is 7.76. The summed E-state index contributed by atoms with van der Waals surface area (Å²) in [5.41, 5.74) is 1.96. The quantitative estimate of drug-likeness (QED) is 0.557. The number of nitrogens with one attached hydrogen (secondary N) is 1. The van der Waals surface area contributed by atoms with Gasteiger partial charge in [-0.05, 0) is 41.9 Å². The van der Waals surface area contributed by atoms with Crippen LogP contribution in [0.3, 0.4) is 0 Å². The standard InChI is InChI=1S/C19H15ClN2O4/c1-11-7-8-14(10-16(11)20)21-18(24)15-9-13-5-3-4-6-17(13)25-19(15)22-26-12(2)23/h3-10H,1-2H3,(H,21,24)/b22-19-. The van der Waals surface area contributed by atoms with Crippen molar-refractivity contribution in [1.29, 1.82) is 0 Å². The van der Waals surface area contributed by atoms with Gasteiger partial charge in [-0.3, -0.25) is 4.79 Å². The molecule has 6 nitrogen and oxygen atoms in total. The molecule has 26 heavy (non-hydrogen) atoms. The number of para-hydroxylation sites is 1. The molecule has 3 rings (SSSR count). The minimum atomic E-state index is -0.620. The molecule has 7 heteroatoms. The zero-order valence-electron chi connectivity index (χ0n) is 14.1. The zero-order valence-corrected chi connectivity index (χ0v) is 14.8. The van der Waals surface area contributed by atoms with Crippen molar-refractivity contribution in [2.45, 2.75) is 13.8 Å². The van der Waals surface area contributed by atoms with E-state index in [-0.39, 0.29) is 11.1 Å². The highest BCUT2D eigenvalue weighted by atomic mass is 35.5. The van der Waals surface area contributed by atoms with E-state index in [4.69, 9.17) is 16.0 Å². The van der Waals surface area contributed by atoms with Gasteiger partial charge in [-0.25, -0.2) is 4.79 Å². The van der Waals surface area contributed by atoms with Crippen molar-refractivity contribution in [3.05, 3.63) is 70.2 Å². The summed E-state index contributed by atoms with van der Waals surface area (Å²) in [5.74, 6) is -1.09. The Balaban J connectivity index is 2.04. The number of hydrogen-bond acceptors (Lipinski definition) is 5. The highest BCUT2D eigenvalue weighted by molar-refractivity contribution is 6.31. The number of rotatable bonds is 3. The molecular formula is C19H15ClN2O4. The van der Waals surface area contributed by atoms with Crippen LogP contribution in [0.15, 0.2) is 58.1 Å². The normalized spacial score (nSPS) is 11.4. The fraction of sp³-hybridized carbons (Fsp3) is 0.105. The maximum Gasteiger partial charge on any atom is 0.332 e. The zero-order chi connectivity index (χ0) is 18.7. The molecule has 0 spiro atoms. The third kappa shape index (κ3) is 3.92. The van der Waals surface area contributed by atoms with Crippen LogP contribution < -0.4 is 10.9 Å². The molecule has 0 bridgehead atoms. The average Bonchev–Trinajstić information content (AvgIpc) is 2.62. The van der Waals surface area contributed by atoms with E-state index < -0.39 is 11.9 Å². The molecule has 0 aliphatic rings. The number of carbonyl (C=O) groups excluding carboxylic acids is 2. The molecule has 0 atom stereocenters. The van der Waals surface area contributed by atoms with Crippen LogP contribution in [0, 0.1) is 6.92 Å². The molecule has 132 valence electrons. The summed E-state index contributed by atoms with van der Waals surface area (Å²) in [6, 6.07) is 13.9. The lowest BCUT2D eigenvalue weighted by molar-refractivity contribution is -0.141. The predicted octanol–water partition coefficient (Wildman–Crippen LogP) is 4.03. The number of halogens is 1. The highest BCUT2D eigenvalue weighted by Gasteiger charge is 2.14. The number of nitrogens with zero attached hydrogens (tertiary/aromatic N) is 1. The van der Waals surface area contributed by atoms with Gasteiger partial charge in [0.1, 0.15) is 11.1 Å². The third-order valence-electron chi connectivity index (χ3n) is 3.59. The van der Waals surface area contributed by atoms with Gasteiger partial charge in [0.25, 0.3) is 11.5 Å². The minimum Gasteiger partial charge on any atom is -0.435 e. The predicted molar refractivity (Wildman–Crippen MR) is 97.7 cm³/mol. The highest BCUT2D eigenvalue weighted by Crippen LogP contribution is 2.21. The van der Waals surface area contributed by atoms with E-state index in [0.717, 1.165) is 5.56 Å². The number of fused-ring (bicyclic) bond motifs is 1. The van der Waals surface area contributed by atoms with Crippen LogP contribution >= 0.6 is 11.6 Å². The Morgan fingerprint density at radius 3 is 2.65 bits per heavy atom. The smallest absolute Gasteiger partial charge is 0.332 e. The second kappa shape index (κ2) is 7.41. The van der Waals surface area contributed by atoms with Crippen molar-refractivity contribution >= 4 is 40.1 Å². The fourth-order valence-electron chi connectivity index (χ4n) is 2.27. The van der Waals surface area contributed by atoms with E-state index in [9.17, 15) is 9.59 Å². The molecule has 0 saturated carbocycles. The molecule has 3 aromatic rings. The second-order valence-corrected chi connectivity index (χ2v) is 6.00. The van der Waals surface area contributed by atoms with Crippen molar-refractivity contribution < 1.29 is 18.8 Å². The molecule has 0 fully saturated rings. The van der Waals surface area contributed by atoms with Crippen LogP contribution in [0.25, 0.3) is 11.0 Å². The minimum absolute atomic E-state index is 0.102. The molecule has 0 radical (unpaired) electrons. The van der Waals surface area contributed by atoms with E-state index >= 15 is 0 Å². The second-order valence-electron chi connectivity index (χ2n) is 5.60. The monoisotopic (exact) mass is 370 g/mol. The van der Waals surface area contributed by atoms with Crippen LogP contribution in [-0.4, -0.2) is 11.9 Å². The Hall–Kier alpha value is -3.12. The van der Waals surface area contributed by atoms with Gasteiger partial charge in [0, 0.05) is 23.0 Å². The van der Waals surface area contributed by atoms with Gasteiger partial charge in [-0.1, -0.05) is 35.9 Å². The number of carbonyl (C=O) groups is 2. The SMILES string of the molecule is CC(=O)O/N=c1\oc2ccccc2cc1C(=O)Nc1ccc(C)c(Cl)c1. The van der Waals surface area contributed by atoms with Gasteiger partial charge in [-0.2, -0.15) is 0 Å². The summed E-state index contributed by atoms with van der Waals surface area (Å²) in [4.78, 5) is 28.4. The third-order valence-corrected chi connectivity index (χ3v) is 3.99. The molecule has 0 unspecified atom stereocenters. The molecule has 0 saturated heterocycles. The number of aryl methyl sites for hydroxylation is 1. The Kier molecular flexibility index (Phi) is 5.04. The molecular weight excluding hydrogens is 356 g/mol. The van der Waals surface area contributed by atoms with Crippen molar-refractivity contribution in [2.24, 2.45) is 5.16 Å². The van der Waals surface area contributed by atoms with Gasteiger partial charge in [0.2, 0.25) is 0 Å². The van der Waals surface area contributed by atoms with E-state index in [1.807, 2.05) is 13.0 Å². The molecule has 1 aromatic heterocycles. The lowest BCUT2D eigenvalue weighted by Gasteiger charge is -2.08. The Labute approximate surface area is 154 Å². The van der Waals surface area contributed by atoms with E-state index in [1.165, 1.54) is 6.92 Å². The first kappa shape index (κ1) is 17.7. The van der Waals surface area contributed by atoms with Crippen molar-refractivity contribution in [3.63, 3.8) is 0 Å². The lowest BCUT2D eigenvalue weighted by atomic mass is 10.1. The fourth-order valence-corrected chi connectivity index (χ4v) is 2.45. The summed E-state index contributed by atoms with van der Waals surface area (Å²) in [7, 11) is 0. The number of anilines is 1. The van der Waals surface area contributed by atoms with Crippen LogP contribution in [0.1, 0.15) is 22.8 Å². The molecule has 1 N–H and O–H groups in total. The molecule has 0 aliphatic carbocycles. The Bertz CT molecular complexity index is 1070. The molecule has 2 aromatic carbocycles. The summed E-state index contributed by atoms with van der Waals surface area (Å²) in [6.45, 7) is 3.07. The van der Waals surface area contributed by atoms with Gasteiger partial charge >= 0.3 is 5.97 Å². The van der Waals surface area contributed by atoms with Crippen LogP contribution in [0.4, 0.5) is 5.69 Å². The van der Waals surface area contributed by atoms with Gasteiger partial charge < -0.3 is 14.6 Å². The van der Waals surface area contributed by atoms with Crippen LogP contribution in [0.2, 0.25) is 5.02 Å². The largest absolute Gasteiger partial charge is 0.435 e. The Morgan fingerprint density at radius 2 is 1.92 bits per heavy atom. The van der Waals surface area contributed by atoms with Crippen LogP contribution in [-0.2, 0) is 9.63 Å². The maximum absolute atomic E-state index is 12.7. The first-order valence-corrected chi connectivity index (χ1v) is 8.14. The van der Waals surface area contributed by atoms with E-state index in [1.54, 1.807) is 42.5 Å². The lowest BCUT2D eigenvalue weighted by Crippen LogP contribution is -2.22. The Morgan fingerprint density at radius 1 is 1.15 bits per heavy atom. The van der Waals surface area contributed by atoms with Crippen molar-refractivity contribution in [2.75, 3.05) is 5.32 Å². The van der Waals surface area contributed by atoms with E-state index in [2.05, 4.69) is 15.3 Å². The average molecular weight is 371 g/mol. The first-order chi connectivity index (χ1) is 12.4. The van der Waals surface area contributed by atoms with Gasteiger partial charge in [0.05, 0.1) is 0 Å². The summed E-state index contributed by atoms with van der Waals surface area (Å²) >= 11 is 6.09. The number of benzene rings is 2. The van der Waals surface area contributed by atoms with Gasteiger partial charge in [0.15, 0.2) is 0 Å². The molecule has 1 amide bonds. The topological polar surface area (TPSA) is 80.9 Å². The molecule has 1 heterocycles. The van der Waals surface area contributed by atoms with Crippen molar-refractivity contribution in [3.8, 4) is 0 Å². The summed E-state index contributed by atoms with van der Waals surface area (Å²) in [6.07, 6.45) is 0. The van der Waals surface area contributed by atoms with Gasteiger partial charge in [-0.15, -0.1) is 0 Å². The molecule has 0 aliphatic heterocycles. The summed E-state index contributed by atoms with van der Waals surface area (Å²) < 4.78 is 5.61. The number of hydrogen-bond donors (Lipinski definition) is 1.